The molecule has 0 aliphatic rings. The Morgan fingerprint density at radius 3 is 2.33 bits per heavy atom. The summed E-state index contributed by atoms with van der Waals surface area (Å²) in [4.78, 5) is 11.9. The van der Waals surface area contributed by atoms with Gasteiger partial charge in [-0.2, -0.15) is 5.10 Å². The molecule has 0 aliphatic carbocycles. The normalized spacial score (nSPS) is 11.1. The van der Waals surface area contributed by atoms with Gasteiger partial charge < -0.3 is 9.73 Å². The van der Waals surface area contributed by atoms with Crippen LogP contribution in [-0.2, 0) is 0 Å². The van der Waals surface area contributed by atoms with E-state index in [1.807, 2.05) is 61.5 Å². The van der Waals surface area contributed by atoms with E-state index in [2.05, 4.69) is 15.8 Å². The van der Waals surface area contributed by atoms with Gasteiger partial charge in [0.05, 0.1) is 17.7 Å². The number of rotatable bonds is 5. The molecule has 3 aromatic rings. The van der Waals surface area contributed by atoms with Crippen LogP contribution in [0.4, 0.5) is 11.4 Å². The number of benzene rings is 2. The molecule has 2 aromatic carbocycles. The second-order valence-electron chi connectivity index (χ2n) is 5.18. The van der Waals surface area contributed by atoms with Gasteiger partial charge in [0.15, 0.2) is 5.76 Å². The van der Waals surface area contributed by atoms with Crippen LogP contribution in [0, 0.1) is 0 Å². The van der Waals surface area contributed by atoms with Crippen molar-refractivity contribution < 1.29 is 9.21 Å². The quantitative estimate of drug-likeness (QED) is 0.542. The van der Waals surface area contributed by atoms with E-state index in [1.165, 1.54) is 6.26 Å². The summed E-state index contributed by atoms with van der Waals surface area (Å²) in [6, 6.07) is 20.5. The fourth-order valence-electron chi connectivity index (χ4n) is 2.12. The average Bonchev–Trinajstić information content (AvgIpc) is 3.16. The Morgan fingerprint density at radius 2 is 1.67 bits per heavy atom. The minimum absolute atomic E-state index is 0.274. The SMILES string of the molecule is CC(=NNc1ccccc1)c1ccc(NC(=O)c2ccco2)cc1. The molecule has 2 N–H and O–H groups in total. The maximum Gasteiger partial charge on any atom is 0.291 e. The molecular formula is C19H17N3O2. The molecule has 120 valence electrons. The standard InChI is InChI=1S/C19H17N3O2/c1-14(21-22-17-6-3-2-4-7-17)15-9-11-16(12-10-15)20-19(23)18-8-5-13-24-18/h2-13,22H,1H3,(H,20,23). The molecule has 0 radical (unpaired) electrons. The zero-order chi connectivity index (χ0) is 16.8. The van der Waals surface area contributed by atoms with E-state index >= 15 is 0 Å². The number of hydrogen-bond acceptors (Lipinski definition) is 4. The van der Waals surface area contributed by atoms with E-state index < -0.39 is 0 Å². The predicted molar refractivity (Wildman–Crippen MR) is 95.4 cm³/mol. The van der Waals surface area contributed by atoms with E-state index in [0.717, 1.165) is 17.0 Å². The number of hydrogen-bond donors (Lipinski definition) is 2. The lowest BCUT2D eigenvalue weighted by molar-refractivity contribution is 0.0996. The summed E-state index contributed by atoms with van der Waals surface area (Å²) in [5.41, 5.74) is 6.46. The fraction of sp³-hybridized carbons (Fsp3) is 0.0526. The van der Waals surface area contributed by atoms with Crippen molar-refractivity contribution in [2.45, 2.75) is 6.92 Å². The van der Waals surface area contributed by atoms with Crippen LogP contribution in [-0.4, -0.2) is 11.6 Å². The van der Waals surface area contributed by atoms with E-state index in [0.29, 0.717) is 5.69 Å². The molecule has 24 heavy (non-hydrogen) atoms. The number of nitrogens with zero attached hydrogens (tertiary/aromatic N) is 1. The van der Waals surface area contributed by atoms with Crippen molar-refractivity contribution in [3.05, 3.63) is 84.3 Å². The molecule has 0 saturated heterocycles. The van der Waals surface area contributed by atoms with Crippen molar-refractivity contribution in [2.75, 3.05) is 10.7 Å². The van der Waals surface area contributed by atoms with Crippen LogP contribution in [0.15, 0.2) is 82.5 Å². The van der Waals surface area contributed by atoms with Crippen LogP contribution >= 0.6 is 0 Å². The van der Waals surface area contributed by atoms with E-state index in [1.54, 1.807) is 12.1 Å². The summed E-state index contributed by atoms with van der Waals surface area (Å²) >= 11 is 0. The molecule has 0 bridgehead atoms. The van der Waals surface area contributed by atoms with Crippen molar-refractivity contribution in [1.82, 2.24) is 0 Å². The molecule has 0 atom stereocenters. The van der Waals surface area contributed by atoms with Gasteiger partial charge >= 0.3 is 0 Å². The Bertz CT molecular complexity index is 823. The summed E-state index contributed by atoms with van der Waals surface area (Å²) in [7, 11) is 0. The second-order valence-corrected chi connectivity index (χ2v) is 5.18. The number of anilines is 2. The summed E-state index contributed by atoms with van der Waals surface area (Å²) in [6.07, 6.45) is 1.47. The third kappa shape index (κ3) is 3.89. The first kappa shape index (κ1) is 15.6. The summed E-state index contributed by atoms with van der Waals surface area (Å²) < 4.78 is 5.06. The van der Waals surface area contributed by atoms with Gasteiger partial charge in [0, 0.05) is 5.69 Å². The van der Waals surface area contributed by atoms with Gasteiger partial charge in [-0.05, 0) is 48.9 Å². The first-order valence-corrected chi connectivity index (χ1v) is 7.53. The largest absolute Gasteiger partial charge is 0.459 e. The van der Waals surface area contributed by atoms with Crippen molar-refractivity contribution in [2.24, 2.45) is 5.10 Å². The maximum absolute atomic E-state index is 11.9. The number of furan rings is 1. The van der Waals surface area contributed by atoms with E-state index in [9.17, 15) is 4.79 Å². The van der Waals surface area contributed by atoms with E-state index in [4.69, 9.17) is 4.42 Å². The van der Waals surface area contributed by atoms with Gasteiger partial charge in [0.1, 0.15) is 0 Å². The van der Waals surface area contributed by atoms with Crippen molar-refractivity contribution >= 4 is 23.0 Å². The fourth-order valence-corrected chi connectivity index (χ4v) is 2.12. The molecule has 0 fully saturated rings. The van der Waals surface area contributed by atoms with Gasteiger partial charge in [-0.25, -0.2) is 0 Å². The highest BCUT2D eigenvalue weighted by Crippen LogP contribution is 2.13. The van der Waals surface area contributed by atoms with Crippen LogP contribution in [0.1, 0.15) is 23.0 Å². The smallest absolute Gasteiger partial charge is 0.291 e. The molecule has 0 aliphatic heterocycles. The highest BCUT2D eigenvalue weighted by atomic mass is 16.3. The van der Waals surface area contributed by atoms with Crippen LogP contribution in [0.25, 0.3) is 0 Å². The Hall–Kier alpha value is -3.34. The topological polar surface area (TPSA) is 66.6 Å². The molecular weight excluding hydrogens is 302 g/mol. The van der Waals surface area contributed by atoms with Crippen molar-refractivity contribution in [3.8, 4) is 0 Å². The highest BCUT2D eigenvalue weighted by Gasteiger charge is 2.08. The molecule has 0 unspecified atom stereocenters. The average molecular weight is 319 g/mol. The lowest BCUT2D eigenvalue weighted by Crippen LogP contribution is -2.10. The first-order valence-electron chi connectivity index (χ1n) is 7.53. The van der Waals surface area contributed by atoms with Crippen LogP contribution < -0.4 is 10.7 Å². The molecule has 0 spiro atoms. The lowest BCUT2D eigenvalue weighted by Gasteiger charge is -2.06. The monoisotopic (exact) mass is 319 g/mol. The van der Waals surface area contributed by atoms with Crippen LogP contribution in [0.5, 0.6) is 0 Å². The third-order valence-electron chi connectivity index (χ3n) is 3.43. The molecule has 5 nitrogen and oxygen atoms in total. The zero-order valence-electron chi connectivity index (χ0n) is 13.2. The van der Waals surface area contributed by atoms with Crippen LogP contribution in [0.3, 0.4) is 0 Å². The molecule has 0 saturated carbocycles. The Morgan fingerprint density at radius 1 is 0.917 bits per heavy atom. The number of hydrazone groups is 1. The summed E-state index contributed by atoms with van der Waals surface area (Å²) in [5.74, 6) is 0.00719. The summed E-state index contributed by atoms with van der Waals surface area (Å²) in [5, 5.41) is 7.14. The Labute approximate surface area is 140 Å². The van der Waals surface area contributed by atoms with Crippen LogP contribution in [0.2, 0.25) is 0 Å². The molecule has 1 amide bonds. The van der Waals surface area contributed by atoms with E-state index in [-0.39, 0.29) is 11.7 Å². The minimum atomic E-state index is -0.274. The predicted octanol–water partition coefficient (Wildman–Crippen LogP) is 4.37. The molecule has 5 heteroatoms. The number of amides is 1. The zero-order valence-corrected chi connectivity index (χ0v) is 13.2. The minimum Gasteiger partial charge on any atom is -0.459 e. The molecule has 1 heterocycles. The van der Waals surface area contributed by atoms with Gasteiger partial charge in [-0.15, -0.1) is 0 Å². The maximum atomic E-state index is 11.9. The van der Waals surface area contributed by atoms with Gasteiger partial charge in [-0.1, -0.05) is 30.3 Å². The second kappa shape index (κ2) is 7.28. The van der Waals surface area contributed by atoms with Gasteiger partial charge in [-0.3, -0.25) is 10.2 Å². The lowest BCUT2D eigenvalue weighted by atomic mass is 10.1. The molecule has 1 aromatic heterocycles. The number of carbonyl (C=O) groups is 1. The van der Waals surface area contributed by atoms with Crippen molar-refractivity contribution in [1.29, 1.82) is 0 Å². The number of para-hydroxylation sites is 1. The first-order chi connectivity index (χ1) is 11.7. The van der Waals surface area contributed by atoms with Crippen molar-refractivity contribution in [3.63, 3.8) is 0 Å². The number of carbonyl (C=O) groups excluding carboxylic acids is 1. The van der Waals surface area contributed by atoms with Gasteiger partial charge in [0.2, 0.25) is 0 Å². The summed E-state index contributed by atoms with van der Waals surface area (Å²) in [6.45, 7) is 1.92. The van der Waals surface area contributed by atoms with Gasteiger partial charge in [0.25, 0.3) is 5.91 Å². The Balaban J connectivity index is 1.64. The highest BCUT2D eigenvalue weighted by molar-refractivity contribution is 6.03. The molecule has 3 rings (SSSR count). The Kier molecular flexibility index (Phi) is 4.72. The number of nitrogens with one attached hydrogen (secondary N) is 2. The third-order valence-corrected chi connectivity index (χ3v) is 3.43.